The Morgan fingerprint density at radius 1 is 1.17 bits per heavy atom. The fraction of sp³-hybridized carbons (Fsp3) is 0.200. The third-order valence-corrected chi connectivity index (χ3v) is 2.86. The Balaban J connectivity index is 2.65. The number of nitrogens with zero attached hydrogens (tertiary/aromatic N) is 1. The molecule has 0 spiro atoms. The summed E-state index contributed by atoms with van der Waals surface area (Å²) in [5, 5.41) is 9.78. The van der Waals surface area contributed by atoms with Gasteiger partial charge >= 0.3 is 5.97 Å². The summed E-state index contributed by atoms with van der Waals surface area (Å²) in [6.07, 6.45) is 2.63. The van der Waals surface area contributed by atoms with Crippen LogP contribution >= 0.6 is 0 Å². The molecule has 0 unspecified atom stereocenters. The summed E-state index contributed by atoms with van der Waals surface area (Å²) < 4.78 is 0. The molecule has 1 aromatic carbocycles. The van der Waals surface area contributed by atoms with Crippen molar-refractivity contribution in [2.45, 2.75) is 20.8 Å². The van der Waals surface area contributed by atoms with E-state index in [9.17, 15) is 4.79 Å². The maximum atomic E-state index is 10.5. The lowest BCUT2D eigenvalue weighted by Gasteiger charge is -2.08. The van der Waals surface area contributed by atoms with Crippen LogP contribution in [0.1, 0.15) is 22.4 Å². The predicted molar refractivity (Wildman–Crippen MR) is 72.6 cm³/mol. The Hall–Kier alpha value is -2.16. The summed E-state index contributed by atoms with van der Waals surface area (Å²) >= 11 is 0. The van der Waals surface area contributed by atoms with Crippen LogP contribution in [0.3, 0.4) is 0 Å². The van der Waals surface area contributed by atoms with E-state index in [1.165, 1.54) is 11.6 Å². The maximum Gasteiger partial charge on any atom is 0.328 e. The summed E-state index contributed by atoms with van der Waals surface area (Å²) in [5.41, 5.74) is 5.06. The fourth-order valence-electron chi connectivity index (χ4n) is 2.25. The normalized spacial score (nSPS) is 11.3. The molecule has 0 radical (unpaired) electrons. The first-order valence-corrected chi connectivity index (χ1v) is 5.77. The molecule has 2 aromatic rings. The fourth-order valence-corrected chi connectivity index (χ4v) is 2.25. The third kappa shape index (κ3) is 2.40. The molecule has 18 heavy (non-hydrogen) atoms. The molecular weight excluding hydrogens is 226 g/mol. The number of benzene rings is 1. The second-order valence-electron chi connectivity index (χ2n) is 4.51. The zero-order chi connectivity index (χ0) is 13.3. The Labute approximate surface area is 106 Å². The van der Waals surface area contributed by atoms with Crippen LogP contribution in [-0.2, 0) is 4.79 Å². The summed E-state index contributed by atoms with van der Waals surface area (Å²) in [5.74, 6) is -0.963. The van der Waals surface area contributed by atoms with Crippen molar-refractivity contribution >= 4 is 22.9 Å². The van der Waals surface area contributed by atoms with Gasteiger partial charge in [0.2, 0.25) is 0 Å². The SMILES string of the molecule is Cc1cc(C)c2c(C)cc(/C=C/C(=O)O)nc2c1. The first kappa shape index (κ1) is 12.3. The number of carbonyl (C=O) groups is 1. The van der Waals surface area contributed by atoms with Crippen LogP contribution in [-0.4, -0.2) is 16.1 Å². The Bertz CT molecular complexity index is 657. The zero-order valence-corrected chi connectivity index (χ0v) is 10.7. The van der Waals surface area contributed by atoms with E-state index in [0.29, 0.717) is 5.69 Å². The molecule has 0 bridgehead atoms. The number of pyridine rings is 1. The van der Waals surface area contributed by atoms with Crippen LogP contribution in [0.2, 0.25) is 0 Å². The summed E-state index contributed by atoms with van der Waals surface area (Å²) in [6.45, 7) is 6.12. The van der Waals surface area contributed by atoms with Gasteiger partial charge in [-0.1, -0.05) is 6.07 Å². The van der Waals surface area contributed by atoms with Gasteiger partial charge in [-0.3, -0.25) is 0 Å². The highest BCUT2D eigenvalue weighted by molar-refractivity contribution is 5.89. The number of hydrogen-bond donors (Lipinski definition) is 1. The quantitative estimate of drug-likeness (QED) is 0.821. The summed E-state index contributed by atoms with van der Waals surface area (Å²) in [4.78, 5) is 15.0. The number of rotatable bonds is 2. The first-order chi connectivity index (χ1) is 8.47. The molecule has 92 valence electrons. The van der Waals surface area contributed by atoms with Crippen molar-refractivity contribution in [2.75, 3.05) is 0 Å². The van der Waals surface area contributed by atoms with Crippen LogP contribution in [0.5, 0.6) is 0 Å². The topological polar surface area (TPSA) is 50.2 Å². The van der Waals surface area contributed by atoms with Crippen molar-refractivity contribution in [2.24, 2.45) is 0 Å². The van der Waals surface area contributed by atoms with E-state index >= 15 is 0 Å². The number of aryl methyl sites for hydroxylation is 3. The smallest absolute Gasteiger partial charge is 0.328 e. The molecule has 0 atom stereocenters. The zero-order valence-electron chi connectivity index (χ0n) is 10.7. The van der Waals surface area contributed by atoms with Gasteiger partial charge in [0.1, 0.15) is 0 Å². The van der Waals surface area contributed by atoms with Crippen LogP contribution in [0.15, 0.2) is 24.3 Å². The molecule has 3 heteroatoms. The lowest BCUT2D eigenvalue weighted by molar-refractivity contribution is -0.131. The molecule has 3 nitrogen and oxygen atoms in total. The average molecular weight is 241 g/mol. The van der Waals surface area contributed by atoms with Crippen LogP contribution < -0.4 is 0 Å². The summed E-state index contributed by atoms with van der Waals surface area (Å²) in [6, 6.07) is 6.06. The Morgan fingerprint density at radius 2 is 1.83 bits per heavy atom. The molecule has 2 rings (SSSR count). The molecule has 0 aliphatic rings. The van der Waals surface area contributed by atoms with E-state index in [1.54, 1.807) is 0 Å². The molecular formula is C15H15NO2. The molecule has 1 heterocycles. The molecule has 1 aromatic heterocycles. The standard InChI is InChI=1S/C15H15NO2/c1-9-6-10(2)15-11(3)8-12(4-5-14(17)18)16-13(15)7-9/h4-8H,1-3H3,(H,17,18)/b5-4+. The first-order valence-electron chi connectivity index (χ1n) is 5.77. The van der Waals surface area contributed by atoms with Crippen LogP contribution in [0.25, 0.3) is 17.0 Å². The second-order valence-corrected chi connectivity index (χ2v) is 4.51. The Kier molecular flexibility index (Phi) is 3.15. The van der Waals surface area contributed by atoms with E-state index in [2.05, 4.69) is 18.0 Å². The monoisotopic (exact) mass is 241 g/mol. The molecule has 0 amide bonds. The van der Waals surface area contributed by atoms with Crippen molar-refractivity contribution < 1.29 is 9.90 Å². The van der Waals surface area contributed by atoms with E-state index < -0.39 is 5.97 Å². The van der Waals surface area contributed by atoms with Crippen molar-refractivity contribution in [1.29, 1.82) is 0 Å². The van der Waals surface area contributed by atoms with Gasteiger partial charge in [0.25, 0.3) is 0 Å². The van der Waals surface area contributed by atoms with Gasteiger partial charge in [0, 0.05) is 11.5 Å². The number of hydrogen-bond acceptors (Lipinski definition) is 2. The number of carboxylic acid groups (broad SMARTS) is 1. The van der Waals surface area contributed by atoms with Crippen LogP contribution in [0.4, 0.5) is 0 Å². The van der Waals surface area contributed by atoms with Crippen molar-refractivity contribution in [3.05, 3.63) is 46.7 Å². The van der Waals surface area contributed by atoms with Crippen LogP contribution in [0, 0.1) is 20.8 Å². The van der Waals surface area contributed by atoms with Gasteiger partial charge in [0.05, 0.1) is 11.2 Å². The van der Waals surface area contributed by atoms with Crippen molar-refractivity contribution in [1.82, 2.24) is 4.98 Å². The molecule has 0 aliphatic heterocycles. The third-order valence-electron chi connectivity index (χ3n) is 2.86. The van der Waals surface area contributed by atoms with E-state index in [4.69, 9.17) is 5.11 Å². The number of aliphatic carboxylic acids is 1. The molecule has 1 N–H and O–H groups in total. The lowest BCUT2D eigenvalue weighted by atomic mass is 10.0. The highest BCUT2D eigenvalue weighted by Crippen LogP contribution is 2.23. The van der Waals surface area contributed by atoms with Gasteiger partial charge in [-0.15, -0.1) is 0 Å². The Morgan fingerprint density at radius 3 is 2.50 bits per heavy atom. The van der Waals surface area contributed by atoms with Gasteiger partial charge in [-0.2, -0.15) is 0 Å². The number of carboxylic acids is 1. The summed E-state index contributed by atoms with van der Waals surface area (Å²) in [7, 11) is 0. The molecule has 0 fully saturated rings. The van der Waals surface area contributed by atoms with Gasteiger partial charge < -0.3 is 5.11 Å². The molecule has 0 saturated heterocycles. The highest BCUT2D eigenvalue weighted by Gasteiger charge is 2.05. The van der Waals surface area contributed by atoms with Crippen molar-refractivity contribution in [3.8, 4) is 0 Å². The second kappa shape index (κ2) is 4.61. The maximum absolute atomic E-state index is 10.5. The highest BCUT2D eigenvalue weighted by atomic mass is 16.4. The molecule has 0 aliphatic carbocycles. The minimum absolute atomic E-state index is 0.674. The minimum Gasteiger partial charge on any atom is -0.478 e. The van der Waals surface area contributed by atoms with E-state index in [-0.39, 0.29) is 0 Å². The average Bonchev–Trinajstić information content (AvgIpc) is 2.24. The lowest BCUT2D eigenvalue weighted by Crippen LogP contribution is -1.92. The van der Waals surface area contributed by atoms with Gasteiger partial charge in [-0.25, -0.2) is 9.78 Å². The number of aromatic nitrogens is 1. The van der Waals surface area contributed by atoms with E-state index in [0.717, 1.165) is 28.1 Å². The van der Waals surface area contributed by atoms with Gasteiger partial charge in [-0.05, 0) is 55.7 Å². The minimum atomic E-state index is -0.963. The number of fused-ring (bicyclic) bond motifs is 1. The molecule has 0 saturated carbocycles. The van der Waals surface area contributed by atoms with E-state index in [1.807, 2.05) is 26.0 Å². The largest absolute Gasteiger partial charge is 0.478 e. The van der Waals surface area contributed by atoms with Gasteiger partial charge in [0.15, 0.2) is 0 Å². The van der Waals surface area contributed by atoms with Crippen molar-refractivity contribution in [3.63, 3.8) is 0 Å². The predicted octanol–water partition coefficient (Wildman–Crippen LogP) is 3.26.